The number of halogens is 2. The number of thiophene rings is 1. The number of carbonyl (C=O) groups is 1. The highest BCUT2D eigenvalue weighted by molar-refractivity contribution is 7.20. The summed E-state index contributed by atoms with van der Waals surface area (Å²) in [5, 5.41) is 11.2. The third-order valence-corrected chi connectivity index (χ3v) is 7.40. The molecule has 3 aromatic heterocycles. The van der Waals surface area contributed by atoms with Crippen molar-refractivity contribution in [2.24, 2.45) is 5.92 Å². The van der Waals surface area contributed by atoms with E-state index in [-0.39, 0.29) is 41.8 Å². The Morgan fingerprint density at radius 3 is 2.90 bits per heavy atom. The van der Waals surface area contributed by atoms with E-state index in [4.69, 9.17) is 0 Å². The standard InChI is InChI=1S/C20H20N4O2S2.2ClH/c25-18(22-9-14-11-28-19(23-14)17-2-1-5-27-17)15-3-4-16-13-6-12(7-21-8-13)10-24(16)20(15)26;;/h1-5,11-13,21H,6-10H2,(H,22,25);2*1H/t12-,13+;;/m0../s1. The van der Waals surface area contributed by atoms with Crippen molar-refractivity contribution in [3.8, 4) is 9.88 Å². The zero-order valence-corrected chi connectivity index (χ0v) is 19.3. The van der Waals surface area contributed by atoms with Crippen LogP contribution in [0.4, 0.5) is 0 Å². The molecular weight excluding hydrogens is 463 g/mol. The molecule has 6 nitrogen and oxygen atoms in total. The molecular formula is C20H22Cl2N4O2S2. The second-order valence-corrected chi connectivity index (χ2v) is 9.15. The number of nitrogens with zero attached hydrogens (tertiary/aromatic N) is 2. The Balaban J connectivity index is 0.00000128. The molecule has 0 radical (unpaired) electrons. The third-order valence-electron chi connectivity index (χ3n) is 5.47. The molecule has 0 aromatic carbocycles. The summed E-state index contributed by atoms with van der Waals surface area (Å²) in [5.41, 5.74) is 1.89. The minimum atomic E-state index is -0.333. The predicted octanol–water partition coefficient (Wildman–Crippen LogP) is 3.51. The zero-order chi connectivity index (χ0) is 19.1. The third kappa shape index (κ3) is 4.33. The van der Waals surface area contributed by atoms with Gasteiger partial charge < -0.3 is 15.2 Å². The number of rotatable bonds is 4. The summed E-state index contributed by atoms with van der Waals surface area (Å²) in [4.78, 5) is 31.3. The van der Waals surface area contributed by atoms with Gasteiger partial charge in [-0.2, -0.15) is 0 Å². The van der Waals surface area contributed by atoms with E-state index in [0.29, 0.717) is 24.9 Å². The maximum absolute atomic E-state index is 12.9. The van der Waals surface area contributed by atoms with Crippen LogP contribution in [0.1, 0.15) is 34.1 Å². The van der Waals surface area contributed by atoms with Gasteiger partial charge in [-0.15, -0.1) is 47.5 Å². The van der Waals surface area contributed by atoms with Crippen molar-refractivity contribution in [2.45, 2.75) is 25.4 Å². The molecule has 2 bridgehead atoms. The summed E-state index contributed by atoms with van der Waals surface area (Å²) >= 11 is 3.21. The van der Waals surface area contributed by atoms with Gasteiger partial charge in [0.25, 0.3) is 11.5 Å². The monoisotopic (exact) mass is 484 g/mol. The molecule has 10 heteroatoms. The SMILES string of the molecule is Cl.Cl.O=C(NCc1csc(-c2cccs2)n1)c1ccc2n(c1=O)C[C@@H]1CNC[C@H]2C1. The molecule has 30 heavy (non-hydrogen) atoms. The van der Waals surface area contributed by atoms with E-state index in [0.717, 1.165) is 40.8 Å². The Morgan fingerprint density at radius 2 is 2.10 bits per heavy atom. The van der Waals surface area contributed by atoms with Crippen LogP contribution < -0.4 is 16.2 Å². The number of carbonyl (C=O) groups excluding carboxylic acids is 1. The summed E-state index contributed by atoms with van der Waals surface area (Å²) < 4.78 is 1.81. The molecule has 2 aliphatic heterocycles. The van der Waals surface area contributed by atoms with Crippen LogP contribution in [-0.2, 0) is 13.1 Å². The number of hydrogen-bond acceptors (Lipinski definition) is 6. The fourth-order valence-corrected chi connectivity index (χ4v) is 5.77. The van der Waals surface area contributed by atoms with Crippen LogP contribution in [0.15, 0.2) is 39.8 Å². The summed E-state index contributed by atoms with van der Waals surface area (Å²) in [7, 11) is 0. The molecule has 2 atom stereocenters. The smallest absolute Gasteiger partial charge is 0.263 e. The van der Waals surface area contributed by atoms with Gasteiger partial charge in [-0.05, 0) is 42.5 Å². The van der Waals surface area contributed by atoms with Crippen molar-refractivity contribution in [1.82, 2.24) is 20.2 Å². The first-order valence-electron chi connectivity index (χ1n) is 9.40. The lowest BCUT2D eigenvalue weighted by atomic mass is 9.84. The first kappa shape index (κ1) is 23.0. The van der Waals surface area contributed by atoms with Crippen LogP contribution in [0.3, 0.4) is 0 Å². The molecule has 0 unspecified atom stereocenters. The van der Waals surface area contributed by atoms with Crippen LogP contribution in [0.25, 0.3) is 9.88 Å². The van der Waals surface area contributed by atoms with Crippen LogP contribution in [0.5, 0.6) is 0 Å². The van der Waals surface area contributed by atoms with Gasteiger partial charge in [-0.3, -0.25) is 9.59 Å². The maximum Gasteiger partial charge on any atom is 0.263 e. The van der Waals surface area contributed by atoms with Gasteiger partial charge in [-0.25, -0.2) is 4.98 Å². The van der Waals surface area contributed by atoms with E-state index < -0.39 is 0 Å². The first-order chi connectivity index (χ1) is 13.7. The number of nitrogens with one attached hydrogen (secondary N) is 2. The average Bonchev–Trinajstić information content (AvgIpc) is 3.39. The van der Waals surface area contributed by atoms with Gasteiger partial charge in [-0.1, -0.05) is 6.07 Å². The number of thiazole rings is 1. The van der Waals surface area contributed by atoms with E-state index in [1.807, 2.05) is 33.5 Å². The lowest BCUT2D eigenvalue weighted by Crippen LogP contribution is -2.46. The maximum atomic E-state index is 12.9. The molecule has 3 aromatic rings. The number of piperidine rings is 1. The van der Waals surface area contributed by atoms with Crippen molar-refractivity contribution >= 4 is 53.4 Å². The number of aromatic nitrogens is 2. The lowest BCUT2D eigenvalue weighted by Gasteiger charge is -2.37. The zero-order valence-electron chi connectivity index (χ0n) is 16.0. The number of pyridine rings is 1. The molecule has 5 rings (SSSR count). The second kappa shape index (κ2) is 9.62. The van der Waals surface area contributed by atoms with Crippen molar-refractivity contribution in [2.75, 3.05) is 13.1 Å². The van der Waals surface area contributed by atoms with Crippen molar-refractivity contribution in [3.05, 3.63) is 62.3 Å². The Labute approximate surface area is 194 Å². The molecule has 1 amide bonds. The molecule has 0 saturated carbocycles. The highest BCUT2D eigenvalue weighted by atomic mass is 35.5. The minimum absolute atomic E-state index is 0. The van der Waals surface area contributed by atoms with E-state index in [1.54, 1.807) is 28.7 Å². The normalized spacial score (nSPS) is 19.2. The molecule has 2 aliphatic rings. The number of hydrogen-bond donors (Lipinski definition) is 2. The molecule has 5 heterocycles. The van der Waals surface area contributed by atoms with Gasteiger partial charge >= 0.3 is 0 Å². The largest absolute Gasteiger partial charge is 0.346 e. The number of fused-ring (bicyclic) bond motifs is 4. The van der Waals surface area contributed by atoms with Crippen molar-refractivity contribution < 1.29 is 4.79 Å². The Bertz CT molecular complexity index is 1080. The quantitative estimate of drug-likeness (QED) is 0.593. The van der Waals surface area contributed by atoms with Crippen LogP contribution in [0, 0.1) is 5.92 Å². The van der Waals surface area contributed by atoms with Crippen LogP contribution in [-0.4, -0.2) is 28.5 Å². The van der Waals surface area contributed by atoms with Gasteiger partial charge in [0.05, 0.1) is 17.1 Å². The van der Waals surface area contributed by atoms with Crippen LogP contribution >= 0.6 is 47.5 Å². The summed E-state index contributed by atoms with van der Waals surface area (Å²) in [6.45, 7) is 2.85. The van der Waals surface area contributed by atoms with Crippen molar-refractivity contribution in [1.29, 1.82) is 0 Å². The van der Waals surface area contributed by atoms with Gasteiger partial charge in [0, 0.05) is 30.1 Å². The Kier molecular flexibility index (Phi) is 7.36. The molecule has 1 fully saturated rings. The Morgan fingerprint density at radius 1 is 1.23 bits per heavy atom. The van der Waals surface area contributed by atoms with Gasteiger partial charge in [0.15, 0.2) is 0 Å². The van der Waals surface area contributed by atoms with E-state index in [1.165, 1.54) is 0 Å². The molecule has 0 aliphatic carbocycles. The van der Waals surface area contributed by atoms with E-state index >= 15 is 0 Å². The fourth-order valence-electron chi connectivity index (χ4n) is 4.13. The van der Waals surface area contributed by atoms with Crippen molar-refractivity contribution in [3.63, 3.8) is 0 Å². The summed E-state index contributed by atoms with van der Waals surface area (Å²) in [6.07, 6.45) is 1.12. The first-order valence-corrected chi connectivity index (χ1v) is 11.2. The minimum Gasteiger partial charge on any atom is -0.346 e. The molecule has 0 spiro atoms. The average molecular weight is 485 g/mol. The predicted molar refractivity (Wildman–Crippen MR) is 126 cm³/mol. The fraction of sp³-hybridized carbons (Fsp3) is 0.350. The van der Waals surface area contributed by atoms with E-state index in [2.05, 4.69) is 15.6 Å². The summed E-state index contributed by atoms with van der Waals surface area (Å²) in [6, 6.07) is 7.65. The topological polar surface area (TPSA) is 76.0 Å². The van der Waals surface area contributed by atoms with Gasteiger partial charge in [0.1, 0.15) is 10.6 Å². The molecule has 2 N–H and O–H groups in total. The lowest BCUT2D eigenvalue weighted by molar-refractivity contribution is 0.0947. The van der Waals surface area contributed by atoms with Crippen LogP contribution in [0.2, 0.25) is 0 Å². The van der Waals surface area contributed by atoms with E-state index in [9.17, 15) is 9.59 Å². The Hall–Kier alpha value is -1.71. The molecule has 1 saturated heterocycles. The highest BCUT2D eigenvalue weighted by Gasteiger charge is 2.31. The second-order valence-electron chi connectivity index (χ2n) is 7.35. The number of amides is 1. The molecule has 160 valence electrons. The summed E-state index contributed by atoms with van der Waals surface area (Å²) in [5.74, 6) is 0.496. The van der Waals surface area contributed by atoms with Gasteiger partial charge in [0.2, 0.25) is 0 Å². The highest BCUT2D eigenvalue weighted by Crippen LogP contribution is 2.31.